The molecule has 2 fully saturated rings. The van der Waals surface area contributed by atoms with Gasteiger partial charge in [0.1, 0.15) is 5.75 Å². The second-order valence-corrected chi connectivity index (χ2v) is 5.91. The molecule has 0 radical (unpaired) electrons. The van der Waals surface area contributed by atoms with Crippen LogP contribution in [0.25, 0.3) is 0 Å². The molecule has 0 aliphatic carbocycles. The molecule has 2 heterocycles. The lowest BCUT2D eigenvalue weighted by Crippen LogP contribution is -2.36. The predicted molar refractivity (Wildman–Crippen MR) is 75.3 cm³/mol. The summed E-state index contributed by atoms with van der Waals surface area (Å²) in [6.07, 6.45) is 4.86. The monoisotopic (exact) mass is 261 g/mol. The first kappa shape index (κ1) is 12.9. The molecule has 2 saturated heterocycles. The molecule has 3 atom stereocenters. The summed E-state index contributed by atoms with van der Waals surface area (Å²) in [5.74, 6) is 0.946. The molecule has 0 saturated carbocycles. The molecule has 3 nitrogen and oxygen atoms in total. The lowest BCUT2D eigenvalue weighted by molar-refractivity contribution is 0.0973. The Morgan fingerprint density at radius 1 is 1.26 bits per heavy atom. The number of ether oxygens (including phenoxy) is 2. The predicted octanol–water partition coefficient (Wildman–Crippen LogP) is 2.88. The number of rotatable bonds is 5. The fourth-order valence-electron chi connectivity index (χ4n) is 3.06. The average Bonchev–Trinajstić information content (AvgIpc) is 2.99. The zero-order valence-corrected chi connectivity index (χ0v) is 11.8. The van der Waals surface area contributed by atoms with Crippen LogP contribution in [0.3, 0.4) is 0 Å². The molecule has 2 aliphatic rings. The summed E-state index contributed by atoms with van der Waals surface area (Å²) in [6.45, 7) is 5.01. The molecule has 1 aromatic carbocycles. The second kappa shape index (κ2) is 5.51. The maximum Gasteiger partial charge on any atom is 0.119 e. The van der Waals surface area contributed by atoms with Crippen molar-refractivity contribution in [1.82, 2.24) is 5.32 Å². The van der Waals surface area contributed by atoms with Gasteiger partial charge in [-0.15, -0.1) is 0 Å². The fourth-order valence-corrected chi connectivity index (χ4v) is 3.06. The Bertz CT molecular complexity index is 415. The Morgan fingerprint density at radius 3 is 2.63 bits per heavy atom. The highest BCUT2D eigenvalue weighted by molar-refractivity contribution is 5.27. The zero-order valence-electron chi connectivity index (χ0n) is 11.8. The van der Waals surface area contributed by atoms with Crippen molar-refractivity contribution < 1.29 is 9.47 Å². The van der Waals surface area contributed by atoms with Gasteiger partial charge < -0.3 is 14.8 Å². The van der Waals surface area contributed by atoms with Crippen molar-refractivity contribution in [2.75, 3.05) is 0 Å². The third kappa shape index (κ3) is 3.10. The van der Waals surface area contributed by atoms with E-state index >= 15 is 0 Å². The van der Waals surface area contributed by atoms with Crippen LogP contribution in [0.1, 0.15) is 38.7 Å². The summed E-state index contributed by atoms with van der Waals surface area (Å²) < 4.78 is 11.5. The normalized spacial score (nSPS) is 29.1. The van der Waals surface area contributed by atoms with Crippen LogP contribution in [0.4, 0.5) is 0 Å². The van der Waals surface area contributed by atoms with E-state index in [0.717, 1.165) is 12.3 Å². The van der Waals surface area contributed by atoms with Gasteiger partial charge in [-0.1, -0.05) is 12.1 Å². The molecule has 104 valence electrons. The number of fused-ring (bicyclic) bond motifs is 2. The molecule has 1 aromatic rings. The van der Waals surface area contributed by atoms with Crippen molar-refractivity contribution in [2.24, 2.45) is 0 Å². The number of benzene rings is 1. The van der Waals surface area contributed by atoms with Gasteiger partial charge in [0.25, 0.3) is 0 Å². The molecule has 3 heteroatoms. The Labute approximate surface area is 115 Å². The molecule has 1 N–H and O–H groups in total. The summed E-state index contributed by atoms with van der Waals surface area (Å²) in [4.78, 5) is 0. The van der Waals surface area contributed by atoms with Gasteiger partial charge >= 0.3 is 0 Å². The van der Waals surface area contributed by atoms with Crippen molar-refractivity contribution in [2.45, 2.75) is 64.0 Å². The topological polar surface area (TPSA) is 30.5 Å². The highest BCUT2D eigenvalue weighted by atomic mass is 16.5. The molecule has 3 rings (SSSR count). The minimum atomic E-state index is 0.232. The van der Waals surface area contributed by atoms with E-state index in [4.69, 9.17) is 9.47 Å². The first-order valence-corrected chi connectivity index (χ1v) is 7.35. The first-order chi connectivity index (χ1) is 9.20. The summed E-state index contributed by atoms with van der Waals surface area (Å²) in [6, 6.07) is 8.92. The molecule has 0 amide bonds. The lowest BCUT2D eigenvalue weighted by atomic mass is 9.95. The van der Waals surface area contributed by atoms with E-state index in [9.17, 15) is 0 Å². The van der Waals surface area contributed by atoms with Gasteiger partial charge in [0, 0.05) is 12.6 Å². The summed E-state index contributed by atoms with van der Waals surface area (Å²) in [5, 5.41) is 3.62. The van der Waals surface area contributed by atoms with Crippen molar-refractivity contribution in [3.63, 3.8) is 0 Å². The SMILES string of the molecule is CC(C)Oc1ccc(CNC2CC3CCC2O3)cc1. The third-order valence-electron chi connectivity index (χ3n) is 3.97. The zero-order chi connectivity index (χ0) is 13.2. The van der Waals surface area contributed by atoms with E-state index in [1.54, 1.807) is 0 Å². The van der Waals surface area contributed by atoms with Crippen LogP contribution < -0.4 is 10.1 Å². The third-order valence-corrected chi connectivity index (χ3v) is 3.97. The smallest absolute Gasteiger partial charge is 0.119 e. The summed E-state index contributed by atoms with van der Waals surface area (Å²) >= 11 is 0. The quantitative estimate of drug-likeness (QED) is 0.884. The van der Waals surface area contributed by atoms with Crippen LogP contribution in [0.15, 0.2) is 24.3 Å². The highest BCUT2D eigenvalue weighted by Gasteiger charge is 2.40. The van der Waals surface area contributed by atoms with Gasteiger partial charge in [-0.3, -0.25) is 0 Å². The Hall–Kier alpha value is -1.06. The van der Waals surface area contributed by atoms with E-state index in [0.29, 0.717) is 18.2 Å². The number of nitrogens with one attached hydrogen (secondary N) is 1. The van der Waals surface area contributed by atoms with Crippen molar-refractivity contribution >= 4 is 0 Å². The molecule has 2 bridgehead atoms. The molecule has 2 aliphatic heterocycles. The van der Waals surface area contributed by atoms with Gasteiger partial charge in [-0.25, -0.2) is 0 Å². The molecular formula is C16H23NO2. The van der Waals surface area contributed by atoms with Crippen LogP contribution in [0.5, 0.6) is 5.75 Å². The maximum absolute atomic E-state index is 5.85. The Balaban J connectivity index is 1.50. The molecular weight excluding hydrogens is 238 g/mol. The number of hydrogen-bond acceptors (Lipinski definition) is 3. The Kier molecular flexibility index (Phi) is 3.76. The molecule has 19 heavy (non-hydrogen) atoms. The molecule has 0 aromatic heterocycles. The van der Waals surface area contributed by atoms with Gasteiger partial charge in [-0.2, -0.15) is 0 Å². The van der Waals surface area contributed by atoms with Crippen molar-refractivity contribution in [3.8, 4) is 5.75 Å². The van der Waals surface area contributed by atoms with Crippen LogP contribution in [-0.2, 0) is 11.3 Å². The molecule has 3 unspecified atom stereocenters. The van der Waals surface area contributed by atoms with Gasteiger partial charge in [0.05, 0.1) is 18.3 Å². The van der Waals surface area contributed by atoms with Gasteiger partial charge in [-0.05, 0) is 50.8 Å². The largest absolute Gasteiger partial charge is 0.491 e. The van der Waals surface area contributed by atoms with Crippen molar-refractivity contribution in [1.29, 1.82) is 0 Å². The van der Waals surface area contributed by atoms with Crippen molar-refractivity contribution in [3.05, 3.63) is 29.8 Å². The van der Waals surface area contributed by atoms with E-state index in [-0.39, 0.29) is 6.10 Å². The van der Waals surface area contributed by atoms with Gasteiger partial charge in [0.2, 0.25) is 0 Å². The van der Waals surface area contributed by atoms with Crippen LogP contribution >= 0.6 is 0 Å². The summed E-state index contributed by atoms with van der Waals surface area (Å²) in [5.41, 5.74) is 1.30. The van der Waals surface area contributed by atoms with Gasteiger partial charge in [0.15, 0.2) is 0 Å². The molecule has 0 spiro atoms. The standard InChI is InChI=1S/C16H23NO2/c1-11(2)18-13-5-3-12(4-6-13)10-17-15-9-14-7-8-16(15)19-14/h3-6,11,14-17H,7-10H2,1-2H3. The van der Waals surface area contributed by atoms with E-state index in [1.165, 1.54) is 24.8 Å². The Morgan fingerprint density at radius 2 is 2.05 bits per heavy atom. The van der Waals surface area contributed by atoms with Crippen LogP contribution in [-0.4, -0.2) is 24.4 Å². The van der Waals surface area contributed by atoms with E-state index < -0.39 is 0 Å². The van der Waals surface area contributed by atoms with Crippen LogP contribution in [0, 0.1) is 0 Å². The highest BCUT2D eigenvalue weighted by Crippen LogP contribution is 2.34. The lowest BCUT2D eigenvalue weighted by Gasteiger charge is -2.20. The minimum absolute atomic E-state index is 0.232. The first-order valence-electron chi connectivity index (χ1n) is 7.35. The van der Waals surface area contributed by atoms with E-state index in [1.807, 2.05) is 26.0 Å². The second-order valence-electron chi connectivity index (χ2n) is 5.91. The average molecular weight is 261 g/mol. The summed E-state index contributed by atoms with van der Waals surface area (Å²) in [7, 11) is 0. The van der Waals surface area contributed by atoms with Crippen LogP contribution in [0.2, 0.25) is 0 Å². The van der Waals surface area contributed by atoms with E-state index in [2.05, 4.69) is 17.4 Å². The minimum Gasteiger partial charge on any atom is -0.491 e. The fraction of sp³-hybridized carbons (Fsp3) is 0.625. The number of hydrogen-bond donors (Lipinski definition) is 1. The maximum atomic E-state index is 5.85.